The van der Waals surface area contributed by atoms with Crippen LogP contribution in [0.4, 0.5) is 11.5 Å². The van der Waals surface area contributed by atoms with E-state index in [1.165, 1.54) is 36.5 Å². The SMILES string of the molecule is CN(N=Cc1cccc([N+](=O)[O-])c1)c1cc(=O)n(C)c(=O)[nH]1. The Morgan fingerprint density at radius 1 is 1.36 bits per heavy atom. The minimum atomic E-state index is -0.556. The van der Waals surface area contributed by atoms with Crippen LogP contribution in [0.3, 0.4) is 0 Å². The van der Waals surface area contributed by atoms with Gasteiger partial charge in [-0.3, -0.25) is 29.5 Å². The molecule has 1 aromatic heterocycles. The maximum absolute atomic E-state index is 11.5. The van der Waals surface area contributed by atoms with Gasteiger partial charge in [0.1, 0.15) is 5.82 Å². The standard InChI is InChI=1S/C13H13N5O4/c1-16-12(19)7-11(15-13(16)20)17(2)14-8-9-4-3-5-10(6-9)18(21)22/h3-8H,1-2H3,(H,15,20). The fraction of sp³-hybridized carbons (Fsp3) is 0.154. The molecular weight excluding hydrogens is 290 g/mol. The lowest BCUT2D eigenvalue weighted by Crippen LogP contribution is -2.33. The maximum atomic E-state index is 11.5. The number of nitro benzene ring substituents is 1. The quantitative estimate of drug-likeness (QED) is 0.500. The highest BCUT2D eigenvalue weighted by atomic mass is 16.6. The van der Waals surface area contributed by atoms with Crippen LogP contribution in [0.5, 0.6) is 0 Å². The molecule has 0 bridgehead atoms. The first-order valence-electron chi connectivity index (χ1n) is 6.21. The zero-order valence-electron chi connectivity index (χ0n) is 11.9. The van der Waals surface area contributed by atoms with Crippen LogP contribution in [0.2, 0.25) is 0 Å². The van der Waals surface area contributed by atoms with Gasteiger partial charge in [0.25, 0.3) is 11.2 Å². The van der Waals surface area contributed by atoms with Gasteiger partial charge in [-0.2, -0.15) is 5.10 Å². The van der Waals surface area contributed by atoms with E-state index in [1.54, 1.807) is 19.2 Å². The number of nitrogens with one attached hydrogen (secondary N) is 1. The molecule has 0 unspecified atom stereocenters. The van der Waals surface area contributed by atoms with E-state index in [1.807, 2.05) is 0 Å². The van der Waals surface area contributed by atoms with Crippen molar-refractivity contribution in [2.45, 2.75) is 0 Å². The molecule has 9 heteroatoms. The van der Waals surface area contributed by atoms with Crippen molar-refractivity contribution in [1.29, 1.82) is 0 Å². The van der Waals surface area contributed by atoms with E-state index in [0.717, 1.165) is 4.57 Å². The Balaban J connectivity index is 2.27. The first kappa shape index (κ1) is 15.2. The highest BCUT2D eigenvalue weighted by molar-refractivity contribution is 5.81. The molecule has 0 aliphatic carbocycles. The molecule has 114 valence electrons. The number of anilines is 1. The maximum Gasteiger partial charge on any atom is 0.329 e. The second-order valence-electron chi connectivity index (χ2n) is 4.48. The van der Waals surface area contributed by atoms with E-state index in [-0.39, 0.29) is 11.5 Å². The van der Waals surface area contributed by atoms with E-state index in [0.29, 0.717) is 5.56 Å². The van der Waals surface area contributed by atoms with E-state index >= 15 is 0 Å². The van der Waals surface area contributed by atoms with Crippen LogP contribution < -0.4 is 16.3 Å². The van der Waals surface area contributed by atoms with Crippen LogP contribution in [-0.2, 0) is 7.05 Å². The topological polar surface area (TPSA) is 114 Å². The van der Waals surface area contributed by atoms with Gasteiger partial charge in [-0.05, 0) is 0 Å². The molecule has 1 heterocycles. The third-order valence-electron chi connectivity index (χ3n) is 2.94. The van der Waals surface area contributed by atoms with Gasteiger partial charge in [0.05, 0.1) is 11.1 Å². The summed E-state index contributed by atoms with van der Waals surface area (Å²) < 4.78 is 0.932. The third kappa shape index (κ3) is 3.26. The molecule has 1 aromatic carbocycles. The van der Waals surface area contributed by atoms with Crippen molar-refractivity contribution >= 4 is 17.7 Å². The highest BCUT2D eigenvalue weighted by Gasteiger charge is 2.06. The summed E-state index contributed by atoms with van der Waals surface area (Å²) in [6, 6.07) is 7.16. The normalized spacial score (nSPS) is 10.8. The average molecular weight is 303 g/mol. The number of aromatic amines is 1. The summed E-state index contributed by atoms with van der Waals surface area (Å²) in [5.41, 5.74) is -0.545. The molecule has 22 heavy (non-hydrogen) atoms. The van der Waals surface area contributed by atoms with Gasteiger partial charge >= 0.3 is 5.69 Å². The molecule has 0 spiro atoms. The van der Waals surface area contributed by atoms with Crippen LogP contribution >= 0.6 is 0 Å². The number of hydrazone groups is 1. The van der Waals surface area contributed by atoms with Gasteiger partial charge in [-0.15, -0.1) is 0 Å². The molecule has 0 atom stereocenters. The van der Waals surface area contributed by atoms with Crippen molar-refractivity contribution in [1.82, 2.24) is 9.55 Å². The molecule has 0 aliphatic rings. The first-order valence-corrected chi connectivity index (χ1v) is 6.21. The summed E-state index contributed by atoms with van der Waals surface area (Å²) in [7, 11) is 2.90. The number of nitro groups is 1. The lowest BCUT2D eigenvalue weighted by Gasteiger charge is -2.12. The fourth-order valence-corrected chi connectivity index (χ4v) is 1.65. The Morgan fingerprint density at radius 3 is 2.73 bits per heavy atom. The summed E-state index contributed by atoms with van der Waals surface area (Å²) in [6.45, 7) is 0. The van der Waals surface area contributed by atoms with Gasteiger partial charge in [-0.25, -0.2) is 4.79 Å². The average Bonchev–Trinajstić information content (AvgIpc) is 2.50. The van der Waals surface area contributed by atoms with E-state index in [2.05, 4.69) is 10.1 Å². The Kier molecular flexibility index (Phi) is 4.16. The molecule has 0 radical (unpaired) electrons. The Hall–Kier alpha value is -3.23. The van der Waals surface area contributed by atoms with Gasteiger partial charge in [0.2, 0.25) is 0 Å². The van der Waals surface area contributed by atoms with Crippen LogP contribution in [-0.4, -0.2) is 27.7 Å². The summed E-state index contributed by atoms with van der Waals surface area (Å²) in [5, 5.41) is 16.0. The van der Waals surface area contributed by atoms with Gasteiger partial charge in [0, 0.05) is 37.9 Å². The Labute approximate surface area is 124 Å². The second kappa shape index (κ2) is 6.04. The lowest BCUT2D eigenvalue weighted by molar-refractivity contribution is -0.384. The largest absolute Gasteiger partial charge is 0.329 e. The van der Waals surface area contributed by atoms with Crippen molar-refractivity contribution in [2.24, 2.45) is 12.1 Å². The minimum absolute atomic E-state index is 0.0476. The molecule has 0 amide bonds. The molecule has 0 aliphatic heterocycles. The van der Waals surface area contributed by atoms with Gasteiger partial charge < -0.3 is 0 Å². The molecule has 0 saturated heterocycles. The van der Waals surface area contributed by atoms with Crippen molar-refractivity contribution < 1.29 is 4.92 Å². The van der Waals surface area contributed by atoms with Gasteiger partial charge in [-0.1, -0.05) is 12.1 Å². The van der Waals surface area contributed by atoms with E-state index in [9.17, 15) is 19.7 Å². The molecule has 2 aromatic rings. The zero-order valence-corrected chi connectivity index (χ0v) is 11.9. The second-order valence-corrected chi connectivity index (χ2v) is 4.48. The number of hydrogen-bond acceptors (Lipinski definition) is 6. The molecule has 2 rings (SSSR count). The monoisotopic (exact) mass is 303 g/mol. The summed E-state index contributed by atoms with van der Waals surface area (Å²) in [5.74, 6) is 0.217. The van der Waals surface area contributed by atoms with E-state index in [4.69, 9.17) is 0 Å². The molecule has 0 fully saturated rings. The minimum Gasteiger partial charge on any atom is -0.292 e. The van der Waals surface area contributed by atoms with Crippen LogP contribution in [0.1, 0.15) is 5.56 Å². The van der Waals surface area contributed by atoms with Crippen LogP contribution in [0.25, 0.3) is 0 Å². The van der Waals surface area contributed by atoms with Gasteiger partial charge in [0.15, 0.2) is 0 Å². The predicted octanol–water partition coefficient (Wildman–Crippen LogP) is 0.452. The number of rotatable bonds is 4. The van der Waals surface area contributed by atoms with E-state index < -0.39 is 16.2 Å². The molecule has 9 nitrogen and oxygen atoms in total. The van der Waals surface area contributed by atoms with Crippen LogP contribution in [0, 0.1) is 10.1 Å². The number of non-ortho nitro benzene ring substituents is 1. The lowest BCUT2D eigenvalue weighted by atomic mass is 10.2. The zero-order chi connectivity index (χ0) is 16.3. The molecule has 1 N–H and O–H groups in total. The summed E-state index contributed by atoms with van der Waals surface area (Å²) >= 11 is 0. The Morgan fingerprint density at radius 2 is 2.09 bits per heavy atom. The van der Waals surface area contributed by atoms with Crippen molar-refractivity contribution in [3.05, 3.63) is 66.8 Å². The van der Waals surface area contributed by atoms with Crippen molar-refractivity contribution in [2.75, 3.05) is 12.1 Å². The first-order chi connectivity index (χ1) is 10.4. The third-order valence-corrected chi connectivity index (χ3v) is 2.94. The summed E-state index contributed by atoms with van der Waals surface area (Å²) in [6.07, 6.45) is 1.39. The number of benzene rings is 1. The predicted molar refractivity (Wildman–Crippen MR) is 81.4 cm³/mol. The Bertz CT molecular complexity index is 821. The number of nitrogens with zero attached hydrogens (tertiary/aromatic N) is 4. The summed E-state index contributed by atoms with van der Waals surface area (Å²) in [4.78, 5) is 35.7. The molecule has 0 saturated carbocycles. The number of aromatic nitrogens is 2. The van der Waals surface area contributed by atoms with Crippen molar-refractivity contribution in [3.8, 4) is 0 Å². The fourth-order valence-electron chi connectivity index (χ4n) is 1.65. The van der Waals surface area contributed by atoms with Crippen LogP contribution in [0.15, 0.2) is 45.0 Å². The smallest absolute Gasteiger partial charge is 0.292 e. The molecular formula is C13H13N5O4. The number of H-pyrrole nitrogens is 1. The number of hydrogen-bond donors (Lipinski definition) is 1. The highest BCUT2D eigenvalue weighted by Crippen LogP contribution is 2.12. The van der Waals surface area contributed by atoms with Crippen molar-refractivity contribution in [3.63, 3.8) is 0 Å².